The number of rotatable bonds is 8. The van der Waals surface area contributed by atoms with Crippen LogP contribution in [0.25, 0.3) is 0 Å². The monoisotopic (exact) mass is 432 g/mol. The van der Waals surface area contributed by atoms with E-state index in [1.165, 1.54) is 11.3 Å². The Kier molecular flexibility index (Phi) is 7.68. The molecular weight excluding hydrogens is 404 g/mol. The van der Waals surface area contributed by atoms with Gasteiger partial charge in [0.25, 0.3) is 5.91 Å². The summed E-state index contributed by atoms with van der Waals surface area (Å²) in [5, 5.41) is 0.503. The molecule has 0 fully saturated rings. The van der Waals surface area contributed by atoms with Crippen molar-refractivity contribution >= 4 is 28.3 Å². The first-order valence-electron chi connectivity index (χ1n) is 10.4. The van der Waals surface area contributed by atoms with Crippen LogP contribution >= 0.6 is 11.3 Å². The van der Waals surface area contributed by atoms with Crippen LogP contribution in [-0.2, 0) is 4.74 Å². The molecule has 0 aliphatic carbocycles. The van der Waals surface area contributed by atoms with Gasteiger partial charge in [0.1, 0.15) is 4.88 Å². The molecule has 2 heterocycles. The van der Waals surface area contributed by atoms with Crippen molar-refractivity contribution in [2.24, 2.45) is 0 Å². The standard InChI is InChI=1S/C22H28N2O5S/c1-4-6-7-11-24(22-23-15(3)19(30-22)21(26)27-5-2)20(25)16-9-10-17-18(14-16)29-13-8-12-28-17/h9-10,14H,4-8,11-13H2,1-3H3. The number of esters is 1. The second-order valence-electron chi connectivity index (χ2n) is 7.01. The second-order valence-corrected chi connectivity index (χ2v) is 7.98. The van der Waals surface area contributed by atoms with Crippen LogP contribution in [-0.4, -0.2) is 43.2 Å². The van der Waals surface area contributed by atoms with Crippen molar-refractivity contribution < 1.29 is 23.8 Å². The number of benzene rings is 1. The second kappa shape index (κ2) is 10.4. The molecule has 1 aromatic carbocycles. The molecule has 7 nitrogen and oxygen atoms in total. The van der Waals surface area contributed by atoms with E-state index >= 15 is 0 Å². The first-order chi connectivity index (χ1) is 14.5. The number of unbranched alkanes of at least 4 members (excludes halogenated alkanes) is 2. The van der Waals surface area contributed by atoms with Crippen LogP contribution in [0.2, 0.25) is 0 Å². The fourth-order valence-electron chi connectivity index (χ4n) is 3.14. The zero-order valence-electron chi connectivity index (χ0n) is 17.7. The largest absolute Gasteiger partial charge is 0.490 e. The third-order valence-electron chi connectivity index (χ3n) is 4.70. The quantitative estimate of drug-likeness (QED) is 0.447. The molecule has 0 atom stereocenters. The lowest BCUT2D eigenvalue weighted by atomic mass is 10.1. The zero-order chi connectivity index (χ0) is 21.5. The number of hydrogen-bond donors (Lipinski definition) is 0. The molecule has 2 aromatic rings. The van der Waals surface area contributed by atoms with Gasteiger partial charge in [0.15, 0.2) is 16.6 Å². The average molecular weight is 433 g/mol. The normalized spacial score (nSPS) is 12.9. The number of nitrogens with zero attached hydrogens (tertiary/aromatic N) is 2. The molecule has 3 rings (SSSR count). The molecule has 0 N–H and O–H groups in total. The first-order valence-corrected chi connectivity index (χ1v) is 11.2. The van der Waals surface area contributed by atoms with Crippen LogP contribution in [0.15, 0.2) is 18.2 Å². The lowest BCUT2D eigenvalue weighted by Crippen LogP contribution is -2.32. The van der Waals surface area contributed by atoms with E-state index in [1.54, 1.807) is 36.9 Å². The van der Waals surface area contributed by atoms with Crippen LogP contribution < -0.4 is 14.4 Å². The summed E-state index contributed by atoms with van der Waals surface area (Å²) < 4.78 is 16.5. The predicted octanol–water partition coefficient (Wildman–Crippen LogP) is 4.63. The third kappa shape index (κ3) is 5.11. The van der Waals surface area contributed by atoms with Crippen molar-refractivity contribution in [2.45, 2.75) is 46.5 Å². The Bertz CT molecular complexity index is 896. The highest BCUT2D eigenvalue weighted by atomic mass is 32.1. The van der Waals surface area contributed by atoms with Crippen LogP contribution in [0, 0.1) is 6.92 Å². The molecule has 0 saturated heterocycles. The van der Waals surface area contributed by atoms with Crippen molar-refractivity contribution in [1.82, 2.24) is 4.98 Å². The Morgan fingerprint density at radius 3 is 2.67 bits per heavy atom. The maximum atomic E-state index is 13.4. The van der Waals surface area contributed by atoms with Crippen molar-refractivity contribution in [3.8, 4) is 11.5 Å². The van der Waals surface area contributed by atoms with E-state index in [0.29, 0.717) is 59.1 Å². The lowest BCUT2D eigenvalue weighted by Gasteiger charge is -2.20. The number of amides is 1. The van der Waals surface area contributed by atoms with Crippen LogP contribution in [0.1, 0.15) is 65.3 Å². The molecular formula is C22H28N2O5S. The van der Waals surface area contributed by atoms with Gasteiger partial charge in [0, 0.05) is 18.5 Å². The van der Waals surface area contributed by atoms with Gasteiger partial charge in [-0.2, -0.15) is 0 Å². The van der Waals surface area contributed by atoms with Gasteiger partial charge in [-0.05, 0) is 38.5 Å². The predicted molar refractivity (Wildman–Crippen MR) is 116 cm³/mol. The number of anilines is 1. The molecule has 8 heteroatoms. The van der Waals surface area contributed by atoms with Crippen molar-refractivity contribution in [2.75, 3.05) is 31.3 Å². The van der Waals surface area contributed by atoms with Crippen LogP contribution in [0.5, 0.6) is 11.5 Å². The zero-order valence-corrected chi connectivity index (χ0v) is 18.5. The van der Waals surface area contributed by atoms with E-state index in [1.807, 2.05) is 0 Å². The number of fused-ring (bicyclic) bond motifs is 1. The third-order valence-corrected chi connectivity index (χ3v) is 5.86. The number of aryl methyl sites for hydroxylation is 1. The van der Waals surface area contributed by atoms with Gasteiger partial charge in [-0.3, -0.25) is 9.69 Å². The number of hydrogen-bond acceptors (Lipinski definition) is 7. The Hall–Kier alpha value is -2.61. The summed E-state index contributed by atoms with van der Waals surface area (Å²) in [6.45, 7) is 7.60. The molecule has 0 radical (unpaired) electrons. The van der Waals surface area contributed by atoms with Crippen molar-refractivity contribution in [3.05, 3.63) is 34.3 Å². The fraction of sp³-hybridized carbons (Fsp3) is 0.500. The molecule has 1 aromatic heterocycles. The van der Waals surface area contributed by atoms with Gasteiger partial charge in [0.05, 0.1) is 25.5 Å². The average Bonchev–Trinajstić information content (AvgIpc) is 2.96. The van der Waals surface area contributed by atoms with Gasteiger partial charge < -0.3 is 14.2 Å². The van der Waals surface area contributed by atoms with Gasteiger partial charge in [0.2, 0.25) is 0 Å². The maximum absolute atomic E-state index is 13.4. The Labute approximate surface area is 181 Å². The molecule has 0 spiro atoms. The number of carbonyl (C=O) groups excluding carboxylic acids is 2. The summed E-state index contributed by atoms with van der Waals surface area (Å²) in [6, 6.07) is 5.24. The van der Waals surface area contributed by atoms with E-state index in [0.717, 1.165) is 25.7 Å². The summed E-state index contributed by atoms with van der Waals surface area (Å²) in [4.78, 5) is 32.2. The summed E-state index contributed by atoms with van der Waals surface area (Å²) >= 11 is 1.19. The summed E-state index contributed by atoms with van der Waals surface area (Å²) in [5.74, 6) is 0.645. The van der Waals surface area contributed by atoms with Gasteiger partial charge >= 0.3 is 5.97 Å². The van der Waals surface area contributed by atoms with Crippen LogP contribution in [0.3, 0.4) is 0 Å². The molecule has 0 bridgehead atoms. The van der Waals surface area contributed by atoms with Crippen molar-refractivity contribution in [3.63, 3.8) is 0 Å². The first kappa shape index (κ1) is 22.1. The van der Waals surface area contributed by atoms with Crippen molar-refractivity contribution in [1.29, 1.82) is 0 Å². The molecule has 1 amide bonds. The minimum absolute atomic E-state index is 0.175. The Balaban J connectivity index is 1.90. The fourth-order valence-corrected chi connectivity index (χ4v) is 4.12. The van der Waals surface area contributed by atoms with E-state index in [9.17, 15) is 9.59 Å². The number of carbonyl (C=O) groups is 2. The Morgan fingerprint density at radius 1 is 1.17 bits per heavy atom. The molecule has 0 unspecified atom stereocenters. The molecule has 0 saturated carbocycles. The maximum Gasteiger partial charge on any atom is 0.350 e. The molecule has 1 aliphatic rings. The molecule has 1 aliphatic heterocycles. The smallest absolute Gasteiger partial charge is 0.350 e. The van der Waals surface area contributed by atoms with Gasteiger partial charge in [-0.25, -0.2) is 9.78 Å². The van der Waals surface area contributed by atoms with Gasteiger partial charge in [-0.15, -0.1) is 0 Å². The summed E-state index contributed by atoms with van der Waals surface area (Å²) in [5.41, 5.74) is 1.07. The highest BCUT2D eigenvalue weighted by Crippen LogP contribution is 2.33. The number of thiazole rings is 1. The SMILES string of the molecule is CCCCCN(C(=O)c1ccc2c(c1)OCCCO2)c1nc(C)c(C(=O)OCC)s1. The van der Waals surface area contributed by atoms with Gasteiger partial charge in [-0.1, -0.05) is 31.1 Å². The topological polar surface area (TPSA) is 78.0 Å². The lowest BCUT2D eigenvalue weighted by molar-refractivity contribution is 0.0531. The molecule has 162 valence electrons. The number of aromatic nitrogens is 1. The van der Waals surface area contributed by atoms with E-state index < -0.39 is 5.97 Å². The minimum atomic E-state index is -0.407. The molecule has 30 heavy (non-hydrogen) atoms. The summed E-state index contributed by atoms with van der Waals surface area (Å²) in [7, 11) is 0. The van der Waals surface area contributed by atoms with Crippen LogP contribution in [0.4, 0.5) is 5.13 Å². The highest BCUT2D eigenvalue weighted by molar-refractivity contribution is 7.17. The van der Waals surface area contributed by atoms with E-state index in [4.69, 9.17) is 14.2 Å². The summed E-state index contributed by atoms with van der Waals surface area (Å²) in [6.07, 6.45) is 3.69. The minimum Gasteiger partial charge on any atom is -0.490 e. The Morgan fingerprint density at radius 2 is 1.93 bits per heavy atom. The van der Waals surface area contributed by atoms with E-state index in [2.05, 4.69) is 11.9 Å². The number of ether oxygens (including phenoxy) is 3. The highest BCUT2D eigenvalue weighted by Gasteiger charge is 2.25. The van der Waals surface area contributed by atoms with E-state index in [-0.39, 0.29) is 5.91 Å².